The molecule has 0 spiro atoms. The maximum atomic E-state index is 11.0. The van der Waals surface area contributed by atoms with Gasteiger partial charge in [0.15, 0.2) is 5.82 Å². The van der Waals surface area contributed by atoms with Crippen LogP contribution in [0.1, 0.15) is 21.7 Å². The first-order valence-electron chi connectivity index (χ1n) is 5.10. The second-order valence-corrected chi connectivity index (χ2v) is 3.52. The topological polar surface area (TPSA) is 94.0 Å². The third-order valence-corrected chi connectivity index (χ3v) is 2.23. The third kappa shape index (κ3) is 3.12. The molecule has 0 aliphatic carbocycles. The predicted molar refractivity (Wildman–Crippen MR) is 59.8 cm³/mol. The Morgan fingerprint density at radius 3 is 3.00 bits per heavy atom. The average Bonchev–Trinajstić information content (AvgIpc) is 2.82. The van der Waals surface area contributed by atoms with Crippen molar-refractivity contribution in [2.45, 2.75) is 13.1 Å². The SMILES string of the molecule is NC(=O)c1cccc(CNCc2ncon2)c1. The van der Waals surface area contributed by atoms with Crippen molar-refractivity contribution in [3.8, 4) is 0 Å². The van der Waals surface area contributed by atoms with Gasteiger partial charge in [0.1, 0.15) is 0 Å². The Bertz CT molecular complexity index is 496. The first-order chi connectivity index (χ1) is 8.25. The molecular weight excluding hydrogens is 220 g/mol. The number of amides is 1. The summed E-state index contributed by atoms with van der Waals surface area (Å²) in [4.78, 5) is 14.9. The number of nitrogens with one attached hydrogen (secondary N) is 1. The Morgan fingerprint density at radius 1 is 1.41 bits per heavy atom. The van der Waals surface area contributed by atoms with E-state index in [1.165, 1.54) is 6.39 Å². The lowest BCUT2D eigenvalue weighted by atomic mass is 10.1. The van der Waals surface area contributed by atoms with Gasteiger partial charge in [-0.25, -0.2) is 0 Å². The molecule has 6 nitrogen and oxygen atoms in total. The van der Waals surface area contributed by atoms with E-state index >= 15 is 0 Å². The average molecular weight is 232 g/mol. The lowest BCUT2D eigenvalue weighted by molar-refractivity contribution is 0.1000. The summed E-state index contributed by atoms with van der Waals surface area (Å²) in [6.07, 6.45) is 1.28. The molecule has 3 N–H and O–H groups in total. The summed E-state index contributed by atoms with van der Waals surface area (Å²) in [6.45, 7) is 1.12. The van der Waals surface area contributed by atoms with Crippen molar-refractivity contribution in [3.63, 3.8) is 0 Å². The molecule has 0 saturated carbocycles. The van der Waals surface area contributed by atoms with Crippen molar-refractivity contribution >= 4 is 5.91 Å². The number of carbonyl (C=O) groups is 1. The standard InChI is InChI=1S/C11H12N4O2/c12-11(16)9-3-1-2-8(4-9)5-13-6-10-14-7-17-15-10/h1-4,7,13H,5-6H2,(H2,12,16). The zero-order valence-electron chi connectivity index (χ0n) is 9.09. The molecule has 0 fully saturated rings. The number of nitrogens with zero attached hydrogens (tertiary/aromatic N) is 2. The molecule has 2 rings (SSSR count). The maximum Gasteiger partial charge on any atom is 0.248 e. The van der Waals surface area contributed by atoms with Gasteiger partial charge in [0, 0.05) is 12.1 Å². The number of hydrogen-bond acceptors (Lipinski definition) is 5. The van der Waals surface area contributed by atoms with Gasteiger partial charge in [0.05, 0.1) is 6.54 Å². The molecule has 1 amide bonds. The van der Waals surface area contributed by atoms with Crippen LogP contribution in [0, 0.1) is 0 Å². The molecule has 0 bridgehead atoms. The zero-order valence-corrected chi connectivity index (χ0v) is 9.09. The van der Waals surface area contributed by atoms with E-state index in [4.69, 9.17) is 5.73 Å². The molecule has 0 radical (unpaired) electrons. The summed E-state index contributed by atoms with van der Waals surface area (Å²) < 4.78 is 4.61. The molecule has 0 atom stereocenters. The van der Waals surface area contributed by atoms with Crippen LogP contribution in [-0.2, 0) is 13.1 Å². The largest absolute Gasteiger partial charge is 0.366 e. The molecule has 17 heavy (non-hydrogen) atoms. The fourth-order valence-corrected chi connectivity index (χ4v) is 1.42. The Kier molecular flexibility index (Phi) is 3.46. The van der Waals surface area contributed by atoms with E-state index in [0.717, 1.165) is 5.56 Å². The Labute approximate surface area is 97.8 Å². The van der Waals surface area contributed by atoms with Gasteiger partial charge in [0.2, 0.25) is 12.3 Å². The van der Waals surface area contributed by atoms with Gasteiger partial charge < -0.3 is 15.6 Å². The summed E-state index contributed by atoms with van der Waals surface area (Å²) >= 11 is 0. The third-order valence-electron chi connectivity index (χ3n) is 2.23. The summed E-state index contributed by atoms with van der Waals surface area (Å²) in [5.74, 6) is 0.168. The van der Waals surface area contributed by atoms with Crippen LogP contribution in [0.15, 0.2) is 35.2 Å². The van der Waals surface area contributed by atoms with Gasteiger partial charge in [0.25, 0.3) is 0 Å². The highest BCUT2D eigenvalue weighted by atomic mass is 16.5. The van der Waals surface area contributed by atoms with E-state index in [1.54, 1.807) is 18.2 Å². The lowest BCUT2D eigenvalue weighted by Crippen LogP contribution is -2.15. The minimum Gasteiger partial charge on any atom is -0.366 e. The van der Waals surface area contributed by atoms with E-state index < -0.39 is 5.91 Å². The van der Waals surface area contributed by atoms with E-state index in [0.29, 0.717) is 24.5 Å². The fourth-order valence-electron chi connectivity index (χ4n) is 1.42. The molecule has 0 saturated heterocycles. The zero-order chi connectivity index (χ0) is 12.1. The minimum absolute atomic E-state index is 0.426. The van der Waals surface area contributed by atoms with Gasteiger partial charge in [-0.1, -0.05) is 17.3 Å². The smallest absolute Gasteiger partial charge is 0.248 e. The number of primary amides is 1. The van der Waals surface area contributed by atoms with Crippen LogP contribution in [0.4, 0.5) is 0 Å². The molecular formula is C11H12N4O2. The van der Waals surface area contributed by atoms with Crippen LogP contribution in [0.3, 0.4) is 0 Å². The van der Waals surface area contributed by atoms with Gasteiger partial charge in [-0.15, -0.1) is 0 Å². The normalized spacial score (nSPS) is 10.4. The first kappa shape index (κ1) is 11.3. The molecule has 88 valence electrons. The number of nitrogens with two attached hydrogens (primary N) is 1. The van der Waals surface area contributed by atoms with Crippen LogP contribution in [-0.4, -0.2) is 16.0 Å². The van der Waals surface area contributed by atoms with Crippen molar-refractivity contribution in [1.82, 2.24) is 15.5 Å². The molecule has 0 unspecified atom stereocenters. The second kappa shape index (κ2) is 5.22. The van der Waals surface area contributed by atoms with Crippen LogP contribution in [0.25, 0.3) is 0 Å². The number of hydrogen-bond donors (Lipinski definition) is 2. The van der Waals surface area contributed by atoms with Crippen molar-refractivity contribution in [1.29, 1.82) is 0 Å². The summed E-state index contributed by atoms with van der Waals surface area (Å²) in [5, 5.41) is 6.80. The molecule has 1 heterocycles. The van der Waals surface area contributed by atoms with E-state index in [9.17, 15) is 4.79 Å². The van der Waals surface area contributed by atoms with Gasteiger partial charge in [-0.3, -0.25) is 4.79 Å². The number of aromatic nitrogens is 2. The number of benzene rings is 1. The molecule has 0 aliphatic rings. The molecule has 6 heteroatoms. The van der Waals surface area contributed by atoms with Crippen LogP contribution < -0.4 is 11.1 Å². The van der Waals surface area contributed by atoms with Gasteiger partial charge in [-0.2, -0.15) is 4.98 Å². The van der Waals surface area contributed by atoms with Gasteiger partial charge in [-0.05, 0) is 17.7 Å². The predicted octanol–water partition coefficient (Wildman–Crippen LogP) is 0.458. The lowest BCUT2D eigenvalue weighted by Gasteiger charge is -2.03. The highest BCUT2D eigenvalue weighted by molar-refractivity contribution is 5.92. The van der Waals surface area contributed by atoms with Crippen molar-refractivity contribution in [2.24, 2.45) is 5.73 Å². The molecule has 1 aromatic carbocycles. The van der Waals surface area contributed by atoms with Crippen LogP contribution in [0.2, 0.25) is 0 Å². The van der Waals surface area contributed by atoms with Crippen molar-refractivity contribution in [3.05, 3.63) is 47.6 Å². The van der Waals surface area contributed by atoms with Crippen LogP contribution in [0.5, 0.6) is 0 Å². The van der Waals surface area contributed by atoms with E-state index in [1.807, 2.05) is 6.07 Å². The number of carbonyl (C=O) groups excluding carboxylic acids is 1. The highest BCUT2D eigenvalue weighted by Crippen LogP contribution is 2.04. The van der Waals surface area contributed by atoms with E-state index in [-0.39, 0.29) is 0 Å². The van der Waals surface area contributed by atoms with Crippen LogP contribution >= 0.6 is 0 Å². The number of rotatable bonds is 5. The highest BCUT2D eigenvalue weighted by Gasteiger charge is 2.02. The fraction of sp³-hybridized carbons (Fsp3) is 0.182. The monoisotopic (exact) mass is 232 g/mol. The first-order valence-corrected chi connectivity index (χ1v) is 5.10. The molecule has 2 aromatic rings. The summed E-state index contributed by atoms with van der Waals surface area (Å²) in [7, 11) is 0. The second-order valence-electron chi connectivity index (χ2n) is 3.52. The quantitative estimate of drug-likeness (QED) is 0.780. The Balaban J connectivity index is 1.90. The molecule has 0 aliphatic heterocycles. The summed E-state index contributed by atoms with van der Waals surface area (Å²) in [5.41, 5.74) is 6.68. The Hall–Kier alpha value is -2.21. The minimum atomic E-state index is -0.426. The Morgan fingerprint density at radius 2 is 2.29 bits per heavy atom. The van der Waals surface area contributed by atoms with Crippen molar-refractivity contribution in [2.75, 3.05) is 0 Å². The van der Waals surface area contributed by atoms with E-state index in [2.05, 4.69) is 20.0 Å². The maximum absolute atomic E-state index is 11.0. The van der Waals surface area contributed by atoms with Crippen molar-refractivity contribution < 1.29 is 9.32 Å². The molecule has 1 aromatic heterocycles. The van der Waals surface area contributed by atoms with Gasteiger partial charge >= 0.3 is 0 Å². The summed E-state index contributed by atoms with van der Waals surface area (Å²) in [6, 6.07) is 7.15.